The summed E-state index contributed by atoms with van der Waals surface area (Å²) in [5, 5.41) is 5.33. The molecule has 25 heavy (non-hydrogen) atoms. The second-order valence-corrected chi connectivity index (χ2v) is 5.74. The Bertz CT molecular complexity index is 714. The number of nitrogens with one attached hydrogen (secondary N) is 2. The maximum absolute atomic E-state index is 11.9. The van der Waals surface area contributed by atoms with E-state index in [1.54, 1.807) is 12.1 Å². The maximum Gasteiger partial charge on any atom is 0.312 e. The van der Waals surface area contributed by atoms with Crippen molar-refractivity contribution >= 4 is 17.6 Å². The molecule has 0 saturated carbocycles. The van der Waals surface area contributed by atoms with Gasteiger partial charge in [-0.2, -0.15) is 0 Å². The minimum atomic E-state index is -0.544. The van der Waals surface area contributed by atoms with E-state index in [9.17, 15) is 9.59 Å². The quantitative estimate of drug-likeness (QED) is 0.641. The topological polar surface area (TPSA) is 93.4 Å². The number of unbranched alkanes of at least 4 members (excludes halogenated alkanes) is 1. The normalized spacial score (nSPS) is 10.1. The number of rotatable bonds is 8. The fraction of sp³-hybridized carbons (Fsp3) is 0.263. The number of nitrogens with two attached hydrogens (primary N) is 1. The first kappa shape index (κ1) is 18.3. The maximum atomic E-state index is 11.9. The van der Waals surface area contributed by atoms with Gasteiger partial charge in [0.05, 0.1) is 0 Å². The summed E-state index contributed by atoms with van der Waals surface area (Å²) in [7, 11) is 0. The van der Waals surface area contributed by atoms with Gasteiger partial charge in [0.2, 0.25) is 5.91 Å². The molecule has 0 unspecified atom stereocenters. The molecule has 2 aromatic carbocycles. The van der Waals surface area contributed by atoms with Crippen LogP contribution in [0.15, 0.2) is 48.5 Å². The lowest BCUT2D eigenvalue weighted by molar-refractivity contribution is -0.116. The van der Waals surface area contributed by atoms with Gasteiger partial charge in [0.1, 0.15) is 11.5 Å². The summed E-state index contributed by atoms with van der Waals surface area (Å²) in [4.78, 5) is 22.4. The van der Waals surface area contributed by atoms with E-state index in [1.165, 1.54) is 0 Å². The predicted octanol–water partition coefficient (Wildman–Crippen LogP) is 3.56. The van der Waals surface area contributed by atoms with Gasteiger partial charge in [0.25, 0.3) is 0 Å². The summed E-state index contributed by atoms with van der Waals surface area (Å²) >= 11 is 0. The van der Waals surface area contributed by atoms with E-state index < -0.39 is 6.03 Å². The number of carbonyl (C=O) groups excluding carboxylic acids is 2. The number of anilines is 1. The SMILES string of the molecule is Cc1cccc(Oc2ccc(NC(=O)CCCCNC(N)=O)cc2)c1. The summed E-state index contributed by atoms with van der Waals surface area (Å²) in [6, 6.07) is 14.5. The highest BCUT2D eigenvalue weighted by Crippen LogP contribution is 2.23. The Morgan fingerprint density at radius 3 is 2.48 bits per heavy atom. The second-order valence-electron chi connectivity index (χ2n) is 5.74. The number of ether oxygens (including phenoxy) is 1. The van der Waals surface area contributed by atoms with E-state index >= 15 is 0 Å². The van der Waals surface area contributed by atoms with Crippen molar-refractivity contribution in [1.82, 2.24) is 5.32 Å². The van der Waals surface area contributed by atoms with Crippen molar-refractivity contribution < 1.29 is 14.3 Å². The second kappa shape index (κ2) is 9.32. The Morgan fingerprint density at radius 1 is 1.04 bits per heavy atom. The Morgan fingerprint density at radius 2 is 1.80 bits per heavy atom. The van der Waals surface area contributed by atoms with Crippen LogP contribution in [0, 0.1) is 6.92 Å². The lowest BCUT2D eigenvalue weighted by Gasteiger charge is -2.09. The number of amides is 3. The Labute approximate surface area is 147 Å². The van der Waals surface area contributed by atoms with Gasteiger partial charge < -0.3 is 21.1 Å². The molecule has 0 bridgehead atoms. The number of urea groups is 1. The van der Waals surface area contributed by atoms with Crippen molar-refractivity contribution in [3.63, 3.8) is 0 Å². The van der Waals surface area contributed by atoms with Crippen LogP contribution in [0.3, 0.4) is 0 Å². The highest BCUT2D eigenvalue weighted by atomic mass is 16.5. The van der Waals surface area contributed by atoms with Gasteiger partial charge >= 0.3 is 6.03 Å². The molecular formula is C19H23N3O3. The van der Waals surface area contributed by atoms with E-state index in [-0.39, 0.29) is 5.91 Å². The first-order chi connectivity index (χ1) is 12.0. The molecule has 0 spiro atoms. The number of carbonyl (C=O) groups is 2. The van der Waals surface area contributed by atoms with E-state index in [0.717, 1.165) is 17.0 Å². The standard InChI is InChI=1S/C19H23N3O3/c1-14-5-4-6-17(13-14)25-16-10-8-15(9-11-16)22-18(23)7-2-3-12-21-19(20)24/h4-6,8-11,13H,2-3,7,12H2,1H3,(H,22,23)(H3,20,21,24). The van der Waals surface area contributed by atoms with Crippen molar-refractivity contribution in [3.05, 3.63) is 54.1 Å². The molecule has 0 atom stereocenters. The molecule has 4 N–H and O–H groups in total. The number of hydrogen-bond donors (Lipinski definition) is 3. The van der Waals surface area contributed by atoms with Gasteiger partial charge in [0, 0.05) is 18.7 Å². The molecule has 0 aliphatic carbocycles. The average Bonchev–Trinajstić information content (AvgIpc) is 2.56. The van der Waals surface area contributed by atoms with Gasteiger partial charge in [-0.1, -0.05) is 12.1 Å². The molecule has 3 amide bonds. The van der Waals surface area contributed by atoms with Gasteiger partial charge in [-0.05, 0) is 61.7 Å². The molecule has 0 aromatic heterocycles. The van der Waals surface area contributed by atoms with Gasteiger partial charge in [0.15, 0.2) is 0 Å². The Hall–Kier alpha value is -3.02. The van der Waals surface area contributed by atoms with Crippen LogP contribution in [-0.4, -0.2) is 18.5 Å². The zero-order valence-electron chi connectivity index (χ0n) is 14.2. The number of primary amides is 1. The largest absolute Gasteiger partial charge is 0.457 e. The highest BCUT2D eigenvalue weighted by Gasteiger charge is 2.04. The van der Waals surface area contributed by atoms with Crippen molar-refractivity contribution in [1.29, 1.82) is 0 Å². The number of benzene rings is 2. The third kappa shape index (κ3) is 6.95. The van der Waals surface area contributed by atoms with Crippen LogP contribution in [0.4, 0.5) is 10.5 Å². The van der Waals surface area contributed by atoms with Crippen molar-refractivity contribution in [3.8, 4) is 11.5 Å². The lowest BCUT2D eigenvalue weighted by Crippen LogP contribution is -2.30. The van der Waals surface area contributed by atoms with Crippen LogP contribution in [0.25, 0.3) is 0 Å². The fourth-order valence-electron chi connectivity index (χ4n) is 2.27. The molecular weight excluding hydrogens is 318 g/mol. The lowest BCUT2D eigenvalue weighted by atomic mass is 10.2. The molecule has 6 heteroatoms. The smallest absolute Gasteiger partial charge is 0.312 e. The van der Waals surface area contributed by atoms with Crippen LogP contribution < -0.4 is 21.1 Å². The van der Waals surface area contributed by atoms with E-state index in [0.29, 0.717) is 31.6 Å². The van der Waals surface area contributed by atoms with E-state index in [4.69, 9.17) is 10.5 Å². The van der Waals surface area contributed by atoms with Crippen LogP contribution in [0.2, 0.25) is 0 Å². The van der Waals surface area contributed by atoms with Gasteiger partial charge in [-0.15, -0.1) is 0 Å². The minimum Gasteiger partial charge on any atom is -0.457 e. The Balaban J connectivity index is 1.76. The van der Waals surface area contributed by atoms with Crippen molar-refractivity contribution in [2.24, 2.45) is 5.73 Å². The fourth-order valence-corrected chi connectivity index (χ4v) is 2.27. The third-order valence-corrected chi connectivity index (χ3v) is 3.49. The first-order valence-corrected chi connectivity index (χ1v) is 8.21. The van der Waals surface area contributed by atoms with E-state index in [1.807, 2.05) is 43.3 Å². The molecule has 6 nitrogen and oxygen atoms in total. The van der Waals surface area contributed by atoms with Crippen molar-refractivity contribution in [2.75, 3.05) is 11.9 Å². The van der Waals surface area contributed by atoms with Crippen LogP contribution in [0.1, 0.15) is 24.8 Å². The highest BCUT2D eigenvalue weighted by molar-refractivity contribution is 5.90. The van der Waals surface area contributed by atoms with Crippen LogP contribution >= 0.6 is 0 Å². The first-order valence-electron chi connectivity index (χ1n) is 8.21. The number of hydrogen-bond acceptors (Lipinski definition) is 3. The van der Waals surface area contributed by atoms with Crippen LogP contribution in [0.5, 0.6) is 11.5 Å². The summed E-state index contributed by atoms with van der Waals surface area (Å²) < 4.78 is 5.77. The Kier molecular flexibility index (Phi) is 6.83. The summed E-state index contributed by atoms with van der Waals surface area (Å²) in [5.74, 6) is 1.42. The molecule has 132 valence electrons. The summed E-state index contributed by atoms with van der Waals surface area (Å²) in [6.45, 7) is 2.49. The summed E-state index contributed by atoms with van der Waals surface area (Å²) in [6.07, 6.45) is 1.78. The monoisotopic (exact) mass is 341 g/mol. The molecule has 2 rings (SSSR count). The molecule has 0 aliphatic heterocycles. The number of aryl methyl sites for hydroxylation is 1. The molecule has 0 heterocycles. The molecule has 0 aliphatic rings. The molecule has 0 radical (unpaired) electrons. The summed E-state index contributed by atoms with van der Waals surface area (Å²) in [5.41, 5.74) is 6.82. The third-order valence-electron chi connectivity index (χ3n) is 3.49. The zero-order chi connectivity index (χ0) is 18.1. The molecule has 0 saturated heterocycles. The zero-order valence-corrected chi connectivity index (χ0v) is 14.2. The molecule has 2 aromatic rings. The van der Waals surface area contributed by atoms with E-state index in [2.05, 4.69) is 10.6 Å². The average molecular weight is 341 g/mol. The van der Waals surface area contributed by atoms with Gasteiger partial charge in [-0.25, -0.2) is 4.79 Å². The van der Waals surface area contributed by atoms with Gasteiger partial charge in [-0.3, -0.25) is 4.79 Å². The predicted molar refractivity (Wildman–Crippen MR) is 97.8 cm³/mol. The minimum absolute atomic E-state index is 0.0635. The molecule has 0 fully saturated rings. The van der Waals surface area contributed by atoms with Crippen LogP contribution in [-0.2, 0) is 4.79 Å². The van der Waals surface area contributed by atoms with Crippen molar-refractivity contribution in [2.45, 2.75) is 26.2 Å².